The van der Waals surface area contributed by atoms with Gasteiger partial charge in [-0.25, -0.2) is 0 Å². The molecule has 0 saturated carbocycles. The Labute approximate surface area is 121 Å². The van der Waals surface area contributed by atoms with Crippen LogP contribution in [-0.4, -0.2) is 15.5 Å². The predicted molar refractivity (Wildman–Crippen MR) is 72.0 cm³/mol. The molecule has 4 nitrogen and oxygen atoms in total. The van der Waals surface area contributed by atoms with Crippen LogP contribution in [0.4, 0.5) is 0 Å². The minimum Gasteiger partial charge on any atom is -0.813 e. The van der Waals surface area contributed by atoms with Crippen LogP contribution in [0.5, 0.6) is 0 Å². The summed E-state index contributed by atoms with van der Waals surface area (Å²) in [6.45, 7) is 17.7. The number of aryl methyl sites for hydroxylation is 1. The molecule has 6 heteroatoms. The maximum absolute atomic E-state index is 3.44. The Balaban J connectivity index is -0.0000000221. The Bertz CT molecular complexity index is 126. The summed E-state index contributed by atoms with van der Waals surface area (Å²) in [5.74, 6) is 0.620. The maximum atomic E-state index is 3.44. The van der Waals surface area contributed by atoms with Crippen LogP contribution in [0.3, 0.4) is 0 Å². The third-order valence-corrected chi connectivity index (χ3v) is 0.419. The molecular formula is C10H28N4SV. The molecule has 0 unspecified atom stereocenters. The average molecular weight is 287 g/mol. The number of tetrazole rings is 1. The van der Waals surface area contributed by atoms with Crippen molar-refractivity contribution in [3.63, 3.8) is 0 Å². The first-order chi connectivity index (χ1) is 6.89. The number of thiol groups is 1. The fourth-order valence-electron chi connectivity index (χ4n) is 0.189. The standard InChI is InChI=1S/C2H3N4.4C2H6.H2S.V/c1-2-3-5-6-4-2;4*1-2;;/h1H3;4*1-2H3;1H2;/q-1;;;;;;+2/p-1. The molecule has 0 aliphatic rings. The molecule has 1 aromatic heterocycles. The first-order valence-corrected chi connectivity index (χ1v) is 5.55. The van der Waals surface area contributed by atoms with Gasteiger partial charge in [0.15, 0.2) is 0 Å². The van der Waals surface area contributed by atoms with Crippen molar-refractivity contribution in [1.82, 2.24) is 20.6 Å². The molecule has 0 aliphatic carbocycles. The summed E-state index contributed by atoms with van der Waals surface area (Å²) < 4.78 is 0. The molecule has 16 heavy (non-hydrogen) atoms. The Kier molecular flexibility index (Phi) is 135. The Morgan fingerprint density at radius 1 is 0.812 bits per heavy atom. The SMILES string of the molecule is CC.CC.CC.CC.Cc1nnn[n-]1.[SH-].[V+2]. The molecule has 1 aromatic rings. The van der Waals surface area contributed by atoms with E-state index in [1.165, 1.54) is 0 Å². The van der Waals surface area contributed by atoms with Gasteiger partial charge in [0.1, 0.15) is 0 Å². The van der Waals surface area contributed by atoms with Gasteiger partial charge in [-0.05, 0) is 6.92 Å². The minimum absolute atomic E-state index is 0. The quantitative estimate of drug-likeness (QED) is 0.542. The molecule has 0 aliphatic heterocycles. The summed E-state index contributed by atoms with van der Waals surface area (Å²) in [4.78, 5) is 0. The van der Waals surface area contributed by atoms with Crippen LogP contribution < -0.4 is 5.10 Å². The van der Waals surface area contributed by atoms with Gasteiger partial charge >= 0.3 is 18.6 Å². The molecule has 1 heterocycles. The Morgan fingerprint density at radius 2 is 1.12 bits per heavy atom. The summed E-state index contributed by atoms with van der Waals surface area (Å²) >= 11 is 0. The number of aromatic nitrogens is 4. The van der Waals surface area contributed by atoms with Crippen LogP contribution >= 0.6 is 0 Å². The van der Waals surface area contributed by atoms with Crippen molar-refractivity contribution in [1.29, 1.82) is 0 Å². The zero-order chi connectivity index (χ0) is 12.4. The second-order valence-electron chi connectivity index (χ2n) is 0.926. The molecule has 1 rings (SSSR count). The summed E-state index contributed by atoms with van der Waals surface area (Å²) in [6, 6.07) is 0. The molecule has 0 atom stereocenters. The van der Waals surface area contributed by atoms with E-state index < -0.39 is 0 Å². The van der Waals surface area contributed by atoms with Crippen LogP contribution in [0, 0.1) is 6.92 Å². The van der Waals surface area contributed by atoms with E-state index in [-0.39, 0.29) is 32.1 Å². The van der Waals surface area contributed by atoms with Crippen LogP contribution in [0.1, 0.15) is 61.2 Å². The van der Waals surface area contributed by atoms with Crippen LogP contribution in [-0.2, 0) is 32.1 Å². The largest absolute Gasteiger partial charge is 2.00 e. The molecule has 0 bridgehead atoms. The van der Waals surface area contributed by atoms with E-state index in [0.29, 0.717) is 5.82 Å². The van der Waals surface area contributed by atoms with Gasteiger partial charge in [0.25, 0.3) is 0 Å². The van der Waals surface area contributed by atoms with Crippen molar-refractivity contribution in [2.45, 2.75) is 62.3 Å². The van der Waals surface area contributed by atoms with E-state index in [1.54, 1.807) is 6.92 Å². The number of hydrogen-bond acceptors (Lipinski definition) is 4. The van der Waals surface area contributed by atoms with Gasteiger partial charge in [0.05, 0.1) is 0 Å². The zero-order valence-electron chi connectivity index (χ0n) is 12.2. The van der Waals surface area contributed by atoms with Crippen LogP contribution in [0.15, 0.2) is 0 Å². The van der Waals surface area contributed by atoms with E-state index in [4.69, 9.17) is 0 Å². The van der Waals surface area contributed by atoms with E-state index in [2.05, 4.69) is 20.6 Å². The Hall–Kier alpha value is 0.00442. The molecule has 0 amide bonds. The molecule has 0 saturated heterocycles. The average Bonchev–Trinajstić information content (AvgIpc) is 2.80. The van der Waals surface area contributed by atoms with Crippen molar-refractivity contribution >= 4 is 13.5 Å². The monoisotopic (exact) mass is 287 g/mol. The van der Waals surface area contributed by atoms with Crippen molar-refractivity contribution in [3.05, 3.63) is 5.82 Å². The fraction of sp³-hybridized carbons (Fsp3) is 0.900. The molecular weight excluding hydrogens is 259 g/mol. The molecule has 0 spiro atoms. The van der Waals surface area contributed by atoms with Crippen LogP contribution in [0.25, 0.3) is 0 Å². The van der Waals surface area contributed by atoms with Gasteiger partial charge in [0, 0.05) is 5.82 Å². The van der Waals surface area contributed by atoms with Crippen molar-refractivity contribution in [2.75, 3.05) is 0 Å². The first-order valence-electron chi connectivity index (χ1n) is 5.55. The van der Waals surface area contributed by atoms with E-state index in [1.807, 2.05) is 55.4 Å². The van der Waals surface area contributed by atoms with Crippen molar-refractivity contribution in [2.24, 2.45) is 0 Å². The van der Waals surface area contributed by atoms with Crippen molar-refractivity contribution in [3.8, 4) is 0 Å². The number of hydrogen-bond donors (Lipinski definition) is 0. The van der Waals surface area contributed by atoms with Gasteiger partial charge in [-0.2, -0.15) is 5.21 Å². The predicted octanol–water partition coefficient (Wildman–Crippen LogP) is 2.97. The van der Waals surface area contributed by atoms with Crippen molar-refractivity contribution < 1.29 is 18.6 Å². The summed E-state index contributed by atoms with van der Waals surface area (Å²) in [5.41, 5.74) is 0. The van der Waals surface area contributed by atoms with E-state index in [9.17, 15) is 0 Å². The zero-order valence-corrected chi connectivity index (χ0v) is 14.5. The van der Waals surface area contributed by atoms with E-state index >= 15 is 0 Å². The third kappa shape index (κ3) is 48.3. The van der Waals surface area contributed by atoms with Crippen LogP contribution in [0.2, 0.25) is 0 Å². The van der Waals surface area contributed by atoms with Gasteiger partial charge in [-0.15, -0.1) is 0 Å². The second-order valence-corrected chi connectivity index (χ2v) is 0.926. The second kappa shape index (κ2) is 60.0. The normalized spacial score (nSPS) is 4.81. The van der Waals surface area contributed by atoms with Gasteiger partial charge in [0.2, 0.25) is 0 Å². The topological polar surface area (TPSA) is 52.8 Å². The third-order valence-electron chi connectivity index (χ3n) is 0.419. The maximum Gasteiger partial charge on any atom is 2.00 e. The Morgan fingerprint density at radius 3 is 1.19 bits per heavy atom. The number of rotatable bonds is 0. The fourth-order valence-corrected chi connectivity index (χ4v) is 0.189. The molecule has 0 N–H and O–H groups in total. The van der Waals surface area contributed by atoms with E-state index in [0.717, 1.165) is 0 Å². The first kappa shape index (κ1) is 36.0. The molecule has 0 fully saturated rings. The molecule has 0 aromatic carbocycles. The minimum atomic E-state index is 0. The summed E-state index contributed by atoms with van der Waals surface area (Å²) in [7, 11) is 0. The molecule has 99 valence electrons. The molecule has 1 radical (unpaired) electrons. The van der Waals surface area contributed by atoms with Gasteiger partial charge in [-0.1, -0.05) is 55.4 Å². The number of nitrogens with zero attached hydrogens (tertiary/aromatic N) is 4. The van der Waals surface area contributed by atoms with Gasteiger partial charge < -0.3 is 18.6 Å². The summed E-state index contributed by atoms with van der Waals surface area (Å²) in [6.07, 6.45) is 0. The smallest absolute Gasteiger partial charge is 0.813 e. The van der Waals surface area contributed by atoms with Gasteiger partial charge in [-0.3, -0.25) is 10.3 Å². The summed E-state index contributed by atoms with van der Waals surface area (Å²) in [5, 5.41) is 13.3.